The molecule has 0 aromatic rings. The Bertz CT molecular complexity index is 259. The van der Waals surface area contributed by atoms with Crippen molar-refractivity contribution in [2.75, 3.05) is 12.9 Å². The summed E-state index contributed by atoms with van der Waals surface area (Å²) in [4.78, 5) is 10.0. The molecule has 0 amide bonds. The Morgan fingerprint density at radius 1 is 0.938 bits per heavy atom. The molecule has 0 unspecified atom stereocenters. The Morgan fingerprint density at radius 3 is 1.94 bits per heavy atom. The molecule has 0 atom stereocenters. The topological polar surface area (TPSA) is 60.4 Å². The van der Waals surface area contributed by atoms with Crippen LogP contribution in [0.25, 0.3) is 0 Å². The van der Waals surface area contributed by atoms with E-state index in [-0.39, 0.29) is 5.75 Å². The molecule has 0 aliphatic carbocycles. The fraction of sp³-hybridized carbons (Fsp3) is 0.909. The van der Waals surface area contributed by atoms with Gasteiger partial charge in [0, 0.05) is 6.42 Å². The van der Waals surface area contributed by atoms with Gasteiger partial charge in [-0.2, -0.15) is 8.42 Å². The summed E-state index contributed by atoms with van der Waals surface area (Å²) >= 11 is 0. The molecule has 4 nitrogen and oxygen atoms in total. The molecular weight excluding hydrogens is 228 g/mol. The molecule has 0 bridgehead atoms. The maximum atomic E-state index is 11.0. The fourth-order valence-electron chi connectivity index (χ4n) is 1.47. The number of carbonyl (C=O) groups excluding carboxylic acids is 1. The minimum absolute atomic E-state index is 0.120. The number of rotatable bonds is 11. The highest BCUT2D eigenvalue weighted by Gasteiger charge is 2.06. The first-order valence-electron chi connectivity index (χ1n) is 5.84. The van der Waals surface area contributed by atoms with Crippen LogP contribution in [-0.2, 0) is 19.1 Å². The quantitative estimate of drug-likeness (QED) is 0.321. The molecule has 0 heterocycles. The molecule has 0 aromatic heterocycles. The molecule has 0 aliphatic rings. The van der Waals surface area contributed by atoms with Crippen LogP contribution in [0.5, 0.6) is 0 Å². The maximum Gasteiger partial charge on any atom is 0.267 e. The lowest BCUT2D eigenvalue weighted by molar-refractivity contribution is -0.107. The molecule has 96 valence electrons. The summed E-state index contributed by atoms with van der Waals surface area (Å²) in [7, 11) is -2.07. The van der Waals surface area contributed by atoms with E-state index in [2.05, 4.69) is 4.18 Å². The normalized spacial score (nSPS) is 11.6. The van der Waals surface area contributed by atoms with Gasteiger partial charge in [-0.05, 0) is 12.8 Å². The Hall–Kier alpha value is -0.420. The van der Waals surface area contributed by atoms with Crippen molar-refractivity contribution in [1.82, 2.24) is 0 Å². The predicted molar refractivity (Wildman–Crippen MR) is 63.8 cm³/mol. The number of hydrogen-bond donors (Lipinski definition) is 0. The van der Waals surface area contributed by atoms with Gasteiger partial charge in [0.2, 0.25) is 0 Å². The van der Waals surface area contributed by atoms with Crippen LogP contribution in [0.1, 0.15) is 51.4 Å². The molecule has 16 heavy (non-hydrogen) atoms. The van der Waals surface area contributed by atoms with E-state index in [1.54, 1.807) is 0 Å². The van der Waals surface area contributed by atoms with E-state index in [1.807, 2.05) is 0 Å². The van der Waals surface area contributed by atoms with Gasteiger partial charge in [-0.25, -0.2) is 0 Å². The average molecular weight is 250 g/mol. The number of unbranched alkanes of at least 4 members (excludes halogenated alkanes) is 7. The van der Waals surface area contributed by atoms with E-state index in [0.29, 0.717) is 12.8 Å². The largest absolute Gasteiger partial charge is 0.303 e. The molecule has 0 saturated heterocycles. The van der Waals surface area contributed by atoms with E-state index >= 15 is 0 Å². The SMILES string of the molecule is COS(=O)(=O)CCCCCCCCCC=O. The Kier molecular flexibility index (Phi) is 9.52. The minimum Gasteiger partial charge on any atom is -0.303 e. The van der Waals surface area contributed by atoms with Gasteiger partial charge in [0.05, 0.1) is 12.9 Å². The van der Waals surface area contributed by atoms with E-state index in [0.717, 1.165) is 44.8 Å². The Balaban J connectivity index is 3.19. The summed E-state index contributed by atoms with van der Waals surface area (Å²) in [5, 5.41) is 0. The van der Waals surface area contributed by atoms with Gasteiger partial charge in [0.25, 0.3) is 10.1 Å². The molecule has 0 aromatic carbocycles. The fourth-order valence-corrected chi connectivity index (χ4v) is 2.20. The monoisotopic (exact) mass is 250 g/mol. The molecule has 0 spiro atoms. The summed E-state index contributed by atoms with van der Waals surface area (Å²) in [5.41, 5.74) is 0. The summed E-state index contributed by atoms with van der Waals surface area (Å²) in [5.74, 6) is 0.120. The zero-order valence-corrected chi connectivity index (χ0v) is 10.8. The summed E-state index contributed by atoms with van der Waals surface area (Å²) in [6.07, 6.45) is 8.58. The van der Waals surface area contributed by atoms with Crippen molar-refractivity contribution in [3.63, 3.8) is 0 Å². The zero-order chi connectivity index (χ0) is 12.3. The van der Waals surface area contributed by atoms with Crippen molar-refractivity contribution in [3.8, 4) is 0 Å². The van der Waals surface area contributed by atoms with Crippen LogP contribution in [0.15, 0.2) is 0 Å². The van der Waals surface area contributed by atoms with Crippen LogP contribution >= 0.6 is 0 Å². The second-order valence-corrected chi connectivity index (χ2v) is 5.72. The van der Waals surface area contributed by atoms with Crippen molar-refractivity contribution < 1.29 is 17.4 Å². The highest BCUT2D eigenvalue weighted by molar-refractivity contribution is 7.86. The molecule has 0 N–H and O–H groups in total. The predicted octanol–water partition coefficient (Wildman–Crippen LogP) is 2.28. The van der Waals surface area contributed by atoms with Crippen LogP contribution in [-0.4, -0.2) is 27.6 Å². The zero-order valence-electron chi connectivity index (χ0n) is 9.98. The summed E-state index contributed by atoms with van der Waals surface area (Å²) in [6.45, 7) is 0. The van der Waals surface area contributed by atoms with Gasteiger partial charge >= 0.3 is 0 Å². The van der Waals surface area contributed by atoms with E-state index in [1.165, 1.54) is 7.11 Å². The van der Waals surface area contributed by atoms with Crippen molar-refractivity contribution in [1.29, 1.82) is 0 Å². The smallest absolute Gasteiger partial charge is 0.267 e. The van der Waals surface area contributed by atoms with Gasteiger partial charge in [0.1, 0.15) is 6.29 Å². The third kappa shape index (κ3) is 10.1. The molecule has 0 rings (SSSR count). The lowest BCUT2D eigenvalue weighted by Crippen LogP contribution is -2.07. The van der Waals surface area contributed by atoms with Crippen molar-refractivity contribution in [2.24, 2.45) is 0 Å². The van der Waals surface area contributed by atoms with Gasteiger partial charge in [-0.15, -0.1) is 0 Å². The standard InChI is InChI=1S/C11H22O4S/c1-15-16(13,14)11-9-7-5-3-2-4-6-8-10-12/h10H,2-9,11H2,1H3. The second kappa shape index (κ2) is 9.78. The van der Waals surface area contributed by atoms with Crippen molar-refractivity contribution >= 4 is 16.4 Å². The van der Waals surface area contributed by atoms with E-state index < -0.39 is 10.1 Å². The summed E-state index contributed by atoms with van der Waals surface area (Å²) in [6, 6.07) is 0. The third-order valence-corrected chi connectivity index (χ3v) is 3.77. The minimum atomic E-state index is -3.26. The first-order chi connectivity index (χ1) is 7.62. The first-order valence-corrected chi connectivity index (χ1v) is 7.42. The number of hydrogen-bond acceptors (Lipinski definition) is 4. The molecular formula is C11H22O4S. The third-order valence-electron chi connectivity index (χ3n) is 2.47. The second-order valence-electron chi connectivity index (χ2n) is 3.86. The van der Waals surface area contributed by atoms with E-state index in [4.69, 9.17) is 0 Å². The number of aldehydes is 1. The average Bonchev–Trinajstić information content (AvgIpc) is 2.27. The van der Waals surface area contributed by atoms with Crippen LogP contribution < -0.4 is 0 Å². The van der Waals surface area contributed by atoms with Gasteiger partial charge in [0.15, 0.2) is 0 Å². The Morgan fingerprint density at radius 2 is 1.44 bits per heavy atom. The molecule has 0 aliphatic heterocycles. The maximum absolute atomic E-state index is 11.0. The van der Waals surface area contributed by atoms with Crippen molar-refractivity contribution in [2.45, 2.75) is 51.4 Å². The molecule has 0 radical (unpaired) electrons. The highest BCUT2D eigenvalue weighted by Crippen LogP contribution is 2.09. The molecule has 5 heteroatoms. The lowest BCUT2D eigenvalue weighted by Gasteiger charge is -2.02. The van der Waals surface area contributed by atoms with Gasteiger partial charge in [-0.3, -0.25) is 4.18 Å². The first kappa shape index (κ1) is 15.6. The van der Waals surface area contributed by atoms with Crippen LogP contribution in [0.3, 0.4) is 0 Å². The van der Waals surface area contributed by atoms with Crippen LogP contribution in [0.2, 0.25) is 0 Å². The number of carbonyl (C=O) groups is 1. The Labute approximate surface area is 98.5 Å². The van der Waals surface area contributed by atoms with Gasteiger partial charge in [-0.1, -0.05) is 32.1 Å². The van der Waals surface area contributed by atoms with Crippen LogP contribution in [0, 0.1) is 0 Å². The van der Waals surface area contributed by atoms with Crippen molar-refractivity contribution in [3.05, 3.63) is 0 Å². The van der Waals surface area contributed by atoms with Gasteiger partial charge < -0.3 is 4.79 Å². The van der Waals surface area contributed by atoms with E-state index in [9.17, 15) is 13.2 Å². The molecule has 0 saturated carbocycles. The lowest BCUT2D eigenvalue weighted by atomic mass is 10.1. The molecule has 0 fully saturated rings. The summed E-state index contributed by atoms with van der Waals surface area (Å²) < 4.78 is 26.3. The highest BCUT2D eigenvalue weighted by atomic mass is 32.2. The van der Waals surface area contributed by atoms with Crippen LogP contribution in [0.4, 0.5) is 0 Å².